The number of nitrogens with zero attached hydrogens (tertiary/aromatic N) is 1. The van der Waals surface area contributed by atoms with Crippen molar-refractivity contribution in [1.82, 2.24) is 10.2 Å². The first-order chi connectivity index (χ1) is 13.9. The molecule has 29 heavy (non-hydrogen) atoms. The van der Waals surface area contributed by atoms with Gasteiger partial charge in [-0.2, -0.15) is 0 Å². The van der Waals surface area contributed by atoms with Crippen LogP contribution in [0.4, 0.5) is 5.69 Å². The van der Waals surface area contributed by atoms with Crippen LogP contribution in [0.5, 0.6) is 0 Å². The van der Waals surface area contributed by atoms with Crippen LogP contribution in [0.2, 0.25) is 0 Å². The molecule has 8 heteroatoms. The van der Waals surface area contributed by atoms with E-state index < -0.39 is 16.1 Å². The van der Waals surface area contributed by atoms with Crippen molar-refractivity contribution in [3.05, 3.63) is 72.8 Å². The molecule has 2 amide bonds. The SMILES string of the molecule is C=CCNC(=O)[C@H]1CCCN1C(=O)c1ccc(NS(=O)(=O)c2ccccc2)cc1. The Kier molecular flexibility index (Phi) is 6.33. The van der Waals surface area contributed by atoms with Gasteiger partial charge in [0.25, 0.3) is 15.9 Å². The highest BCUT2D eigenvalue weighted by molar-refractivity contribution is 7.92. The average molecular weight is 413 g/mol. The van der Waals surface area contributed by atoms with E-state index >= 15 is 0 Å². The summed E-state index contributed by atoms with van der Waals surface area (Å²) in [5.41, 5.74) is 0.753. The maximum Gasteiger partial charge on any atom is 0.261 e. The molecule has 0 saturated carbocycles. The van der Waals surface area contributed by atoms with Crippen molar-refractivity contribution in [2.45, 2.75) is 23.8 Å². The Morgan fingerprint density at radius 3 is 2.45 bits per heavy atom. The zero-order chi connectivity index (χ0) is 20.9. The first-order valence-electron chi connectivity index (χ1n) is 9.30. The third kappa shape index (κ3) is 4.83. The van der Waals surface area contributed by atoms with E-state index in [4.69, 9.17) is 0 Å². The molecule has 2 N–H and O–H groups in total. The highest BCUT2D eigenvalue weighted by atomic mass is 32.2. The number of likely N-dealkylation sites (tertiary alicyclic amines) is 1. The number of sulfonamides is 1. The van der Waals surface area contributed by atoms with Crippen molar-refractivity contribution in [2.75, 3.05) is 17.8 Å². The molecule has 1 fully saturated rings. The molecule has 152 valence electrons. The Labute approximate surface area is 170 Å². The molecule has 2 aromatic carbocycles. The van der Waals surface area contributed by atoms with Crippen molar-refractivity contribution < 1.29 is 18.0 Å². The first-order valence-corrected chi connectivity index (χ1v) is 10.8. The molecule has 7 nitrogen and oxygen atoms in total. The van der Waals surface area contributed by atoms with Crippen molar-refractivity contribution in [1.29, 1.82) is 0 Å². The number of nitrogens with one attached hydrogen (secondary N) is 2. The van der Waals surface area contributed by atoms with E-state index in [1.807, 2.05) is 0 Å². The molecule has 0 aromatic heterocycles. The normalized spacial score (nSPS) is 16.3. The lowest BCUT2D eigenvalue weighted by Gasteiger charge is -2.24. The van der Waals surface area contributed by atoms with E-state index in [0.29, 0.717) is 30.8 Å². The minimum atomic E-state index is -3.70. The minimum absolute atomic E-state index is 0.158. The molecule has 1 aliphatic heterocycles. The Hall–Kier alpha value is -3.13. The van der Waals surface area contributed by atoms with Gasteiger partial charge in [0.15, 0.2) is 0 Å². The zero-order valence-electron chi connectivity index (χ0n) is 15.9. The Morgan fingerprint density at radius 2 is 1.79 bits per heavy atom. The number of carbonyl (C=O) groups is 2. The minimum Gasteiger partial charge on any atom is -0.351 e. The average Bonchev–Trinajstić information content (AvgIpc) is 3.22. The lowest BCUT2D eigenvalue weighted by Crippen LogP contribution is -2.46. The Balaban J connectivity index is 1.70. The molecular weight excluding hydrogens is 390 g/mol. The summed E-state index contributed by atoms with van der Waals surface area (Å²) in [5, 5.41) is 2.73. The van der Waals surface area contributed by atoms with Crippen LogP contribution in [-0.2, 0) is 14.8 Å². The number of rotatable bonds is 7. The van der Waals surface area contributed by atoms with Crippen LogP contribution < -0.4 is 10.0 Å². The van der Waals surface area contributed by atoms with Gasteiger partial charge in [-0.25, -0.2) is 8.42 Å². The summed E-state index contributed by atoms with van der Waals surface area (Å²) in [7, 11) is -3.70. The number of hydrogen-bond acceptors (Lipinski definition) is 4. The summed E-state index contributed by atoms with van der Waals surface area (Å²) in [6.45, 7) is 4.43. The Bertz CT molecular complexity index is 988. The van der Waals surface area contributed by atoms with Crippen molar-refractivity contribution in [3.63, 3.8) is 0 Å². The molecule has 1 saturated heterocycles. The third-order valence-electron chi connectivity index (χ3n) is 4.67. The molecule has 1 atom stereocenters. The second-order valence-corrected chi connectivity index (χ2v) is 8.37. The van der Waals surface area contributed by atoms with Gasteiger partial charge in [0, 0.05) is 24.3 Å². The van der Waals surface area contributed by atoms with Gasteiger partial charge in [0.05, 0.1) is 4.90 Å². The second-order valence-electron chi connectivity index (χ2n) is 6.69. The third-order valence-corrected chi connectivity index (χ3v) is 6.07. The summed E-state index contributed by atoms with van der Waals surface area (Å²) >= 11 is 0. The fourth-order valence-corrected chi connectivity index (χ4v) is 4.31. The van der Waals surface area contributed by atoms with E-state index in [1.54, 1.807) is 41.3 Å². The molecule has 3 rings (SSSR count). The maximum absolute atomic E-state index is 12.8. The quantitative estimate of drug-likeness (QED) is 0.682. The van der Waals surface area contributed by atoms with Gasteiger partial charge >= 0.3 is 0 Å². The number of carbonyl (C=O) groups excluding carboxylic acids is 2. The monoisotopic (exact) mass is 413 g/mol. The van der Waals surface area contributed by atoms with Gasteiger partial charge in [-0.05, 0) is 49.2 Å². The van der Waals surface area contributed by atoms with Crippen LogP contribution >= 0.6 is 0 Å². The smallest absolute Gasteiger partial charge is 0.261 e. The molecule has 2 aromatic rings. The molecule has 0 radical (unpaired) electrons. The van der Waals surface area contributed by atoms with Crippen LogP contribution in [0.25, 0.3) is 0 Å². The molecule has 0 bridgehead atoms. The van der Waals surface area contributed by atoms with Gasteiger partial charge in [-0.15, -0.1) is 6.58 Å². The fourth-order valence-electron chi connectivity index (χ4n) is 3.23. The summed E-state index contributed by atoms with van der Waals surface area (Å²) < 4.78 is 27.3. The highest BCUT2D eigenvalue weighted by Gasteiger charge is 2.34. The van der Waals surface area contributed by atoms with Gasteiger partial charge in [-0.1, -0.05) is 24.3 Å². The van der Waals surface area contributed by atoms with E-state index in [-0.39, 0.29) is 16.7 Å². The van der Waals surface area contributed by atoms with Gasteiger partial charge in [0.2, 0.25) is 5.91 Å². The van der Waals surface area contributed by atoms with Crippen molar-refractivity contribution in [3.8, 4) is 0 Å². The molecule has 1 aliphatic rings. The van der Waals surface area contributed by atoms with E-state index in [1.165, 1.54) is 24.3 Å². The molecule has 1 heterocycles. The summed E-state index contributed by atoms with van der Waals surface area (Å²) in [6, 6.07) is 13.7. The van der Waals surface area contributed by atoms with Gasteiger partial charge < -0.3 is 10.2 Å². The fraction of sp³-hybridized carbons (Fsp3) is 0.238. The predicted molar refractivity (Wildman–Crippen MR) is 111 cm³/mol. The van der Waals surface area contributed by atoms with Crippen LogP contribution in [0.3, 0.4) is 0 Å². The van der Waals surface area contributed by atoms with Crippen LogP contribution in [0.1, 0.15) is 23.2 Å². The lowest BCUT2D eigenvalue weighted by atomic mass is 10.1. The number of benzene rings is 2. The number of anilines is 1. The van der Waals surface area contributed by atoms with Crippen LogP contribution in [0, 0.1) is 0 Å². The molecular formula is C21H23N3O4S. The standard InChI is InChI=1S/C21H23N3O4S/c1-2-14-22-20(25)19-9-6-15-24(19)21(26)16-10-12-17(13-11-16)23-29(27,28)18-7-4-3-5-8-18/h2-5,7-8,10-13,19,23H,1,6,9,14-15H2,(H,22,25)/t19-/m1/s1. The second kappa shape index (κ2) is 8.91. The first kappa shape index (κ1) is 20.6. The van der Waals surface area contributed by atoms with Gasteiger partial charge in [-0.3, -0.25) is 14.3 Å². The summed E-state index contributed by atoms with van der Waals surface area (Å²) in [5.74, 6) is -0.443. The Morgan fingerprint density at radius 1 is 1.10 bits per heavy atom. The van der Waals surface area contributed by atoms with Crippen LogP contribution in [-0.4, -0.2) is 44.3 Å². The van der Waals surface area contributed by atoms with Crippen molar-refractivity contribution >= 4 is 27.5 Å². The van der Waals surface area contributed by atoms with Gasteiger partial charge in [0.1, 0.15) is 6.04 Å². The van der Waals surface area contributed by atoms with Crippen LogP contribution in [0.15, 0.2) is 72.1 Å². The molecule has 0 aliphatic carbocycles. The zero-order valence-corrected chi connectivity index (χ0v) is 16.7. The lowest BCUT2D eigenvalue weighted by molar-refractivity contribution is -0.124. The maximum atomic E-state index is 12.8. The van der Waals surface area contributed by atoms with E-state index in [2.05, 4.69) is 16.6 Å². The predicted octanol–water partition coefficient (Wildman–Crippen LogP) is 2.39. The van der Waals surface area contributed by atoms with E-state index in [9.17, 15) is 18.0 Å². The topological polar surface area (TPSA) is 95.6 Å². The van der Waals surface area contributed by atoms with E-state index in [0.717, 1.165) is 6.42 Å². The summed E-state index contributed by atoms with van der Waals surface area (Å²) in [4.78, 5) is 26.8. The number of hydrogen-bond donors (Lipinski definition) is 2. The largest absolute Gasteiger partial charge is 0.351 e. The highest BCUT2D eigenvalue weighted by Crippen LogP contribution is 2.22. The summed E-state index contributed by atoms with van der Waals surface area (Å²) in [6.07, 6.45) is 2.96. The molecule has 0 unspecified atom stereocenters. The number of amides is 2. The van der Waals surface area contributed by atoms with Crippen molar-refractivity contribution in [2.24, 2.45) is 0 Å². The molecule has 0 spiro atoms.